The molecule has 2 atom stereocenters. The van der Waals surface area contributed by atoms with Gasteiger partial charge in [0.1, 0.15) is 0 Å². The summed E-state index contributed by atoms with van der Waals surface area (Å²) < 4.78 is 28.2. The zero-order chi connectivity index (χ0) is 23.7. The molecule has 0 radical (unpaired) electrons. The lowest BCUT2D eigenvalue weighted by atomic mass is 9.87. The van der Waals surface area contributed by atoms with Gasteiger partial charge < -0.3 is 5.11 Å². The summed E-state index contributed by atoms with van der Waals surface area (Å²) in [4.78, 5) is 15.7. The van der Waals surface area contributed by atoms with Crippen molar-refractivity contribution >= 4 is 27.6 Å². The molecule has 8 heteroatoms. The first-order valence-corrected chi connectivity index (χ1v) is 12.6. The van der Waals surface area contributed by atoms with E-state index in [2.05, 4.69) is 9.71 Å². The van der Waals surface area contributed by atoms with Gasteiger partial charge in [-0.3, -0.25) is 9.78 Å². The first-order valence-electron chi connectivity index (χ1n) is 10.8. The number of nitrogens with one attached hydrogen (secondary N) is 1. The number of aliphatic carboxylic acids is 1. The number of hydrogen-bond donors (Lipinski definition) is 2. The summed E-state index contributed by atoms with van der Waals surface area (Å²) in [6, 6.07) is 19.4. The summed E-state index contributed by atoms with van der Waals surface area (Å²) in [5.74, 6) is -1.02. The minimum atomic E-state index is -3.69. The number of carbonyl (C=O) groups is 1. The molecule has 3 aromatic rings. The summed E-state index contributed by atoms with van der Waals surface area (Å²) >= 11 is 5.87. The highest BCUT2D eigenvalue weighted by Gasteiger charge is 2.20. The van der Waals surface area contributed by atoms with Crippen molar-refractivity contribution < 1.29 is 18.3 Å². The Morgan fingerprint density at radius 3 is 2.24 bits per heavy atom. The number of carboxylic acid groups (broad SMARTS) is 1. The van der Waals surface area contributed by atoms with E-state index < -0.39 is 16.0 Å². The normalized spacial score (nSPS) is 13.4. The van der Waals surface area contributed by atoms with Crippen molar-refractivity contribution in [1.82, 2.24) is 9.71 Å². The minimum Gasteiger partial charge on any atom is -0.481 e. The van der Waals surface area contributed by atoms with E-state index in [1.54, 1.807) is 24.5 Å². The molecule has 0 aliphatic rings. The van der Waals surface area contributed by atoms with Gasteiger partial charge in [0.2, 0.25) is 10.0 Å². The summed E-state index contributed by atoms with van der Waals surface area (Å²) in [7, 11) is -3.69. The van der Waals surface area contributed by atoms with Gasteiger partial charge in [-0.1, -0.05) is 54.4 Å². The van der Waals surface area contributed by atoms with Crippen molar-refractivity contribution in [2.45, 2.75) is 42.4 Å². The Balaban J connectivity index is 1.68. The van der Waals surface area contributed by atoms with Crippen LogP contribution < -0.4 is 4.72 Å². The Kier molecular flexibility index (Phi) is 9.00. The third kappa shape index (κ3) is 7.67. The van der Waals surface area contributed by atoms with Crippen LogP contribution in [0.15, 0.2) is 84.0 Å². The molecular formula is C25H27ClN2O4S. The van der Waals surface area contributed by atoms with E-state index >= 15 is 0 Å². The SMILES string of the molecule is O=C(O)CC(CCCC(CNS(=O)(=O)c1ccc(Cl)cc1)c1cccnc1)c1ccccc1. The third-order valence-electron chi connectivity index (χ3n) is 5.60. The highest BCUT2D eigenvalue weighted by atomic mass is 35.5. The van der Waals surface area contributed by atoms with E-state index in [9.17, 15) is 18.3 Å². The standard InChI is InChI=1S/C25H27ClN2O4S/c26-23-11-13-24(14-12-23)33(31,32)28-18-22(21-10-5-15-27-17-21)9-4-8-20(16-25(29)30)19-6-2-1-3-7-19/h1-3,5-7,10-15,17,20,22,28H,4,8-9,16,18H2,(H,29,30). The van der Waals surface area contributed by atoms with Gasteiger partial charge in [-0.05, 0) is 66.1 Å². The second-order valence-electron chi connectivity index (χ2n) is 7.93. The van der Waals surface area contributed by atoms with Gasteiger partial charge in [-0.2, -0.15) is 0 Å². The molecule has 33 heavy (non-hydrogen) atoms. The van der Waals surface area contributed by atoms with Crippen molar-refractivity contribution in [3.05, 3.63) is 95.3 Å². The van der Waals surface area contributed by atoms with Crippen LogP contribution in [0, 0.1) is 0 Å². The highest BCUT2D eigenvalue weighted by molar-refractivity contribution is 7.89. The van der Waals surface area contributed by atoms with Gasteiger partial charge in [0.25, 0.3) is 0 Å². The molecule has 0 saturated heterocycles. The van der Waals surface area contributed by atoms with Crippen LogP contribution in [-0.4, -0.2) is 31.0 Å². The number of pyridine rings is 1. The first kappa shape index (κ1) is 24.9. The van der Waals surface area contributed by atoms with Gasteiger partial charge in [-0.25, -0.2) is 13.1 Å². The fourth-order valence-corrected chi connectivity index (χ4v) is 5.05. The van der Waals surface area contributed by atoms with Crippen molar-refractivity contribution in [3.8, 4) is 0 Å². The topological polar surface area (TPSA) is 96.4 Å². The predicted molar refractivity (Wildman–Crippen MR) is 129 cm³/mol. The van der Waals surface area contributed by atoms with Crippen LogP contribution in [0.3, 0.4) is 0 Å². The van der Waals surface area contributed by atoms with Crippen molar-refractivity contribution in [1.29, 1.82) is 0 Å². The van der Waals surface area contributed by atoms with Crippen molar-refractivity contribution in [3.63, 3.8) is 0 Å². The Bertz CT molecular complexity index is 1120. The molecule has 2 unspecified atom stereocenters. The summed E-state index contributed by atoms with van der Waals surface area (Å²) in [6.45, 7) is 0.214. The largest absolute Gasteiger partial charge is 0.481 e. The van der Waals surface area contributed by atoms with Gasteiger partial charge in [0.05, 0.1) is 11.3 Å². The Hall–Kier alpha value is -2.74. The first-order chi connectivity index (χ1) is 15.8. The summed E-state index contributed by atoms with van der Waals surface area (Å²) in [6.07, 6.45) is 5.61. The zero-order valence-electron chi connectivity index (χ0n) is 18.1. The second kappa shape index (κ2) is 11.9. The maximum absolute atomic E-state index is 12.7. The van der Waals surface area contributed by atoms with Gasteiger partial charge in [0.15, 0.2) is 0 Å². The van der Waals surface area contributed by atoms with Crippen LogP contribution in [0.4, 0.5) is 0 Å². The maximum Gasteiger partial charge on any atom is 0.303 e. The predicted octanol–water partition coefficient (Wildman–Crippen LogP) is 5.23. The molecule has 0 amide bonds. The van der Waals surface area contributed by atoms with Crippen LogP contribution in [-0.2, 0) is 14.8 Å². The molecule has 174 valence electrons. The summed E-state index contributed by atoms with van der Waals surface area (Å²) in [5, 5.41) is 9.81. The Morgan fingerprint density at radius 1 is 0.939 bits per heavy atom. The van der Waals surface area contributed by atoms with Crippen LogP contribution in [0.25, 0.3) is 0 Å². The van der Waals surface area contributed by atoms with E-state index in [-0.39, 0.29) is 29.7 Å². The average molecular weight is 487 g/mol. The van der Waals surface area contributed by atoms with Gasteiger partial charge in [-0.15, -0.1) is 0 Å². The number of sulfonamides is 1. The molecule has 2 N–H and O–H groups in total. The molecule has 1 aromatic heterocycles. The molecular weight excluding hydrogens is 460 g/mol. The Morgan fingerprint density at radius 2 is 1.61 bits per heavy atom. The smallest absolute Gasteiger partial charge is 0.303 e. The molecule has 0 fully saturated rings. The van der Waals surface area contributed by atoms with E-state index in [1.165, 1.54) is 12.1 Å². The molecule has 0 spiro atoms. The van der Waals surface area contributed by atoms with Gasteiger partial charge >= 0.3 is 5.97 Å². The lowest BCUT2D eigenvalue weighted by Crippen LogP contribution is -2.28. The van der Waals surface area contributed by atoms with E-state index in [0.29, 0.717) is 17.9 Å². The molecule has 0 aliphatic heterocycles. The number of rotatable bonds is 12. The number of carboxylic acids is 1. The van der Waals surface area contributed by atoms with Crippen LogP contribution in [0.1, 0.15) is 48.6 Å². The number of halogens is 1. The average Bonchev–Trinajstić information content (AvgIpc) is 2.81. The van der Waals surface area contributed by atoms with Gasteiger partial charge in [0, 0.05) is 24.0 Å². The molecule has 0 bridgehead atoms. The molecule has 0 saturated carbocycles. The maximum atomic E-state index is 12.7. The molecule has 1 heterocycles. The van der Waals surface area contributed by atoms with E-state index in [0.717, 1.165) is 17.5 Å². The number of nitrogens with zero attached hydrogens (tertiary/aromatic N) is 1. The fraction of sp³-hybridized carbons (Fsp3) is 0.280. The second-order valence-corrected chi connectivity index (χ2v) is 10.1. The third-order valence-corrected chi connectivity index (χ3v) is 7.29. The quantitative estimate of drug-likeness (QED) is 0.365. The minimum absolute atomic E-state index is 0.0603. The molecule has 3 rings (SSSR count). The number of aromatic nitrogens is 1. The lowest BCUT2D eigenvalue weighted by molar-refractivity contribution is -0.137. The number of hydrogen-bond acceptors (Lipinski definition) is 4. The van der Waals surface area contributed by atoms with Crippen molar-refractivity contribution in [2.24, 2.45) is 0 Å². The molecule has 0 aliphatic carbocycles. The molecule has 6 nitrogen and oxygen atoms in total. The van der Waals surface area contributed by atoms with Crippen LogP contribution in [0.2, 0.25) is 5.02 Å². The van der Waals surface area contributed by atoms with Crippen LogP contribution >= 0.6 is 11.6 Å². The lowest BCUT2D eigenvalue weighted by Gasteiger charge is -2.20. The highest BCUT2D eigenvalue weighted by Crippen LogP contribution is 2.29. The zero-order valence-corrected chi connectivity index (χ0v) is 19.7. The van der Waals surface area contributed by atoms with Crippen molar-refractivity contribution in [2.75, 3.05) is 6.54 Å². The fourth-order valence-electron chi connectivity index (χ4n) is 3.84. The Labute approximate surface area is 199 Å². The summed E-state index contributed by atoms with van der Waals surface area (Å²) in [5.41, 5.74) is 1.94. The molecule has 2 aromatic carbocycles. The monoisotopic (exact) mass is 486 g/mol. The number of benzene rings is 2. The van der Waals surface area contributed by atoms with Crippen LogP contribution in [0.5, 0.6) is 0 Å². The van der Waals surface area contributed by atoms with E-state index in [4.69, 9.17) is 11.6 Å². The van der Waals surface area contributed by atoms with E-state index in [1.807, 2.05) is 42.5 Å².